The highest BCUT2D eigenvalue weighted by Crippen LogP contribution is 2.28. The number of imidazole rings is 1. The molecule has 1 aliphatic carbocycles. The van der Waals surface area contributed by atoms with Gasteiger partial charge in [-0.2, -0.15) is 0 Å². The summed E-state index contributed by atoms with van der Waals surface area (Å²) in [6.07, 6.45) is 8.03. The van der Waals surface area contributed by atoms with Crippen LogP contribution in [0.2, 0.25) is 0 Å². The van der Waals surface area contributed by atoms with Crippen LogP contribution in [0.4, 0.5) is 0 Å². The Kier molecular flexibility index (Phi) is 6.11. The lowest BCUT2D eigenvalue weighted by Crippen LogP contribution is -2.41. The summed E-state index contributed by atoms with van der Waals surface area (Å²) < 4.78 is 27.4. The molecule has 0 amide bonds. The van der Waals surface area contributed by atoms with Crippen LogP contribution < -0.4 is 4.57 Å². The molecule has 0 bridgehead atoms. The molecule has 3 aromatic rings. The maximum Gasteiger partial charge on any atom is 0.317 e. The van der Waals surface area contributed by atoms with Gasteiger partial charge in [0.15, 0.2) is 20.9 Å². The minimum Gasteiger partial charge on any atom is -0.231 e. The number of hydrogen-bond donors (Lipinski definition) is 1. The fourth-order valence-electron chi connectivity index (χ4n) is 3.98. The van der Waals surface area contributed by atoms with Gasteiger partial charge in [-0.15, -0.1) is 0 Å². The molecular weight excluding hydrogens is 400 g/mol. The number of aromatic amines is 1. The molecular formula is C23H27N2O2S2+. The van der Waals surface area contributed by atoms with Crippen LogP contribution in [-0.4, -0.2) is 19.2 Å². The van der Waals surface area contributed by atoms with E-state index in [0.29, 0.717) is 16.7 Å². The van der Waals surface area contributed by atoms with Gasteiger partial charge in [0.2, 0.25) is 0 Å². The maximum absolute atomic E-state index is 12.5. The summed E-state index contributed by atoms with van der Waals surface area (Å²) in [5.74, 6) is 0.602. The van der Waals surface area contributed by atoms with Crippen LogP contribution in [0.25, 0.3) is 11.0 Å². The summed E-state index contributed by atoms with van der Waals surface area (Å²) in [5.41, 5.74) is 3.42. The molecule has 152 valence electrons. The molecule has 0 atom stereocenters. The number of nitrogens with zero attached hydrogens (tertiary/aromatic N) is 1. The number of sulfone groups is 1. The first-order valence-corrected chi connectivity index (χ1v) is 12.7. The summed E-state index contributed by atoms with van der Waals surface area (Å²) in [4.78, 5) is 3.88. The summed E-state index contributed by atoms with van der Waals surface area (Å²) >= 11 is 1.66. The molecule has 1 N–H and O–H groups in total. The van der Waals surface area contributed by atoms with E-state index < -0.39 is 9.84 Å². The van der Waals surface area contributed by atoms with E-state index in [-0.39, 0.29) is 0 Å². The Hall–Kier alpha value is -2.05. The fourth-order valence-corrected chi connectivity index (χ4v) is 6.04. The molecule has 2 aromatic carbocycles. The average molecular weight is 428 g/mol. The van der Waals surface area contributed by atoms with Gasteiger partial charge in [0.1, 0.15) is 6.04 Å². The molecule has 1 aliphatic rings. The Morgan fingerprint density at radius 2 is 1.79 bits per heavy atom. The molecule has 1 saturated carbocycles. The summed E-state index contributed by atoms with van der Waals surface area (Å²) in [5, 5.41) is 2.44. The third kappa shape index (κ3) is 4.59. The molecule has 0 unspecified atom stereocenters. The van der Waals surface area contributed by atoms with Gasteiger partial charge < -0.3 is 0 Å². The standard InChI is InChI=1S/C23H26N2O2S2/c1-18-12-14-20(15-13-18)29(26,27)17-7-16-28-23-24-21-10-5-6-11-22(21)25(23)19-8-3-2-4-9-19/h5-7,10-15,17,19H,2-4,8-9,16H2,1H3/p+1. The SMILES string of the molecule is Cc1ccc(S(=O)(=O)C=CCSc2[nH]c3ccccc3[n+]2C2CCCCC2)cc1. The number of aromatic nitrogens is 2. The highest BCUT2D eigenvalue weighted by atomic mass is 32.2. The molecule has 0 radical (unpaired) electrons. The van der Waals surface area contributed by atoms with Crippen molar-refractivity contribution in [2.24, 2.45) is 0 Å². The lowest BCUT2D eigenvalue weighted by molar-refractivity contribution is -0.736. The van der Waals surface area contributed by atoms with E-state index >= 15 is 0 Å². The molecule has 4 nitrogen and oxygen atoms in total. The second kappa shape index (κ2) is 8.76. The van der Waals surface area contributed by atoms with Crippen LogP contribution in [0.3, 0.4) is 0 Å². The van der Waals surface area contributed by atoms with Gasteiger partial charge in [-0.25, -0.2) is 18.0 Å². The van der Waals surface area contributed by atoms with Gasteiger partial charge >= 0.3 is 5.16 Å². The van der Waals surface area contributed by atoms with Crippen LogP contribution in [0.1, 0.15) is 43.7 Å². The van der Waals surface area contributed by atoms with Crippen molar-refractivity contribution in [3.63, 3.8) is 0 Å². The quantitative estimate of drug-likeness (QED) is 0.426. The van der Waals surface area contributed by atoms with E-state index in [1.807, 2.05) is 25.1 Å². The monoisotopic (exact) mass is 427 g/mol. The fraction of sp³-hybridized carbons (Fsp3) is 0.348. The van der Waals surface area contributed by atoms with E-state index in [0.717, 1.165) is 16.2 Å². The van der Waals surface area contributed by atoms with E-state index in [1.165, 1.54) is 43.0 Å². The average Bonchev–Trinajstić information content (AvgIpc) is 3.10. The highest BCUT2D eigenvalue weighted by Gasteiger charge is 2.27. The van der Waals surface area contributed by atoms with Gasteiger partial charge in [0.25, 0.3) is 0 Å². The van der Waals surface area contributed by atoms with Crippen molar-refractivity contribution in [1.29, 1.82) is 0 Å². The summed E-state index contributed by atoms with van der Waals surface area (Å²) in [7, 11) is -3.40. The molecule has 0 aliphatic heterocycles. The minimum atomic E-state index is -3.40. The number of fused-ring (bicyclic) bond motifs is 1. The Balaban J connectivity index is 1.52. The maximum atomic E-state index is 12.5. The van der Waals surface area contributed by atoms with Gasteiger partial charge in [-0.3, -0.25) is 0 Å². The number of H-pyrrole nitrogens is 1. The topological polar surface area (TPSA) is 53.8 Å². The molecule has 4 rings (SSSR count). The normalized spacial score (nSPS) is 16.0. The zero-order valence-corrected chi connectivity index (χ0v) is 18.3. The molecule has 1 fully saturated rings. The number of para-hydroxylation sites is 2. The van der Waals surface area contributed by atoms with Crippen LogP contribution >= 0.6 is 11.8 Å². The third-order valence-corrected chi connectivity index (χ3v) is 7.92. The Morgan fingerprint density at radius 1 is 1.07 bits per heavy atom. The molecule has 0 spiro atoms. The van der Waals surface area contributed by atoms with Gasteiger partial charge in [-0.1, -0.05) is 42.3 Å². The number of nitrogens with one attached hydrogen (secondary N) is 1. The van der Waals surface area contributed by atoms with Gasteiger partial charge in [0.05, 0.1) is 4.90 Å². The van der Waals surface area contributed by atoms with Crippen molar-refractivity contribution in [1.82, 2.24) is 4.98 Å². The second-order valence-electron chi connectivity index (χ2n) is 7.65. The number of aryl methyl sites for hydroxylation is 1. The first kappa shape index (κ1) is 20.2. The number of hydrogen-bond acceptors (Lipinski definition) is 3. The van der Waals surface area contributed by atoms with Gasteiger partial charge in [0, 0.05) is 11.2 Å². The van der Waals surface area contributed by atoms with Crippen molar-refractivity contribution in [3.8, 4) is 0 Å². The highest BCUT2D eigenvalue weighted by molar-refractivity contribution is 7.99. The predicted molar refractivity (Wildman–Crippen MR) is 119 cm³/mol. The smallest absolute Gasteiger partial charge is 0.231 e. The summed E-state index contributed by atoms with van der Waals surface area (Å²) in [6.45, 7) is 1.95. The Morgan fingerprint density at radius 3 is 2.55 bits per heavy atom. The Bertz CT molecular complexity index is 1110. The third-order valence-electron chi connectivity index (χ3n) is 5.51. The van der Waals surface area contributed by atoms with Gasteiger partial charge in [-0.05, 0) is 68.6 Å². The molecule has 0 saturated heterocycles. The first-order chi connectivity index (χ1) is 14.0. The van der Waals surface area contributed by atoms with E-state index in [1.54, 1.807) is 30.0 Å². The first-order valence-electron chi connectivity index (χ1n) is 10.2. The van der Waals surface area contributed by atoms with Crippen LogP contribution in [0.15, 0.2) is 70.1 Å². The van der Waals surface area contributed by atoms with Crippen molar-refractivity contribution >= 4 is 32.6 Å². The molecule has 1 aromatic heterocycles. The minimum absolute atomic E-state index is 0.340. The van der Waals surface area contributed by atoms with Crippen molar-refractivity contribution < 1.29 is 13.0 Å². The van der Waals surface area contributed by atoms with E-state index in [9.17, 15) is 8.42 Å². The summed E-state index contributed by atoms with van der Waals surface area (Å²) in [6, 6.07) is 15.9. The largest absolute Gasteiger partial charge is 0.317 e. The van der Waals surface area contributed by atoms with Crippen molar-refractivity contribution in [3.05, 3.63) is 65.6 Å². The second-order valence-corrected chi connectivity index (χ2v) is 10.5. The molecule has 1 heterocycles. The van der Waals surface area contributed by atoms with Crippen LogP contribution in [-0.2, 0) is 9.84 Å². The van der Waals surface area contributed by atoms with Crippen LogP contribution in [0.5, 0.6) is 0 Å². The zero-order valence-electron chi connectivity index (χ0n) is 16.7. The lowest BCUT2D eigenvalue weighted by atomic mass is 9.95. The van der Waals surface area contributed by atoms with Crippen molar-refractivity contribution in [2.45, 2.75) is 55.1 Å². The number of benzene rings is 2. The molecule has 6 heteroatoms. The predicted octanol–water partition coefficient (Wildman–Crippen LogP) is 5.35. The molecule has 29 heavy (non-hydrogen) atoms. The van der Waals surface area contributed by atoms with E-state index in [4.69, 9.17) is 0 Å². The number of thioether (sulfide) groups is 1. The number of rotatable bonds is 6. The zero-order chi connectivity index (χ0) is 20.3. The Labute approximate surface area is 177 Å². The van der Waals surface area contributed by atoms with Crippen LogP contribution in [0, 0.1) is 6.92 Å². The lowest BCUT2D eigenvalue weighted by Gasteiger charge is -2.20. The van der Waals surface area contributed by atoms with Crippen molar-refractivity contribution in [2.75, 3.05) is 5.75 Å². The van der Waals surface area contributed by atoms with E-state index in [2.05, 4.69) is 27.8 Å².